The van der Waals surface area contributed by atoms with Gasteiger partial charge in [-0.05, 0) is 23.9 Å². The lowest BCUT2D eigenvalue weighted by atomic mass is 10.1. The molecule has 0 fully saturated rings. The number of thiazole rings is 1. The molecule has 0 aliphatic heterocycles. The molecule has 0 aliphatic carbocycles. The van der Waals surface area contributed by atoms with Crippen LogP contribution in [0.3, 0.4) is 0 Å². The van der Waals surface area contributed by atoms with Crippen LogP contribution >= 0.6 is 22.7 Å². The Morgan fingerprint density at radius 3 is 3.00 bits per heavy atom. The predicted octanol–water partition coefficient (Wildman–Crippen LogP) is 3.04. The fourth-order valence-electron chi connectivity index (χ4n) is 1.89. The minimum Gasteiger partial charge on any atom is -0.387 e. The summed E-state index contributed by atoms with van der Waals surface area (Å²) in [6.45, 7) is 2.03. The maximum absolute atomic E-state index is 10.2. The van der Waals surface area contributed by atoms with Gasteiger partial charge in [-0.2, -0.15) is 0 Å². The second-order valence-electron chi connectivity index (χ2n) is 4.01. The summed E-state index contributed by atoms with van der Waals surface area (Å²) in [5, 5.41) is 14.2. The summed E-state index contributed by atoms with van der Waals surface area (Å²) in [4.78, 5) is 6.50. The van der Waals surface area contributed by atoms with Gasteiger partial charge in [0.05, 0.1) is 11.8 Å². The molecule has 3 aromatic heterocycles. The summed E-state index contributed by atoms with van der Waals surface area (Å²) >= 11 is 3.21. The van der Waals surface area contributed by atoms with Crippen LogP contribution in [-0.2, 0) is 6.42 Å². The highest BCUT2D eigenvalue weighted by atomic mass is 32.1. The number of rotatable bonds is 3. The highest BCUT2D eigenvalue weighted by Gasteiger charge is 2.14. The first-order valence-electron chi connectivity index (χ1n) is 5.37. The molecule has 0 saturated carbocycles. The van der Waals surface area contributed by atoms with Crippen molar-refractivity contribution >= 4 is 27.6 Å². The van der Waals surface area contributed by atoms with E-state index >= 15 is 0 Å². The average Bonchev–Trinajstić information content (AvgIpc) is 2.92. The van der Waals surface area contributed by atoms with Crippen molar-refractivity contribution in [3.8, 4) is 0 Å². The van der Waals surface area contributed by atoms with E-state index in [2.05, 4.69) is 4.98 Å². The summed E-state index contributed by atoms with van der Waals surface area (Å²) < 4.78 is 1.99. The average molecular weight is 264 g/mol. The molecule has 1 N–H and O–H groups in total. The third-order valence-corrected chi connectivity index (χ3v) is 4.64. The van der Waals surface area contributed by atoms with Crippen molar-refractivity contribution < 1.29 is 5.11 Å². The molecule has 3 heterocycles. The third-order valence-electron chi connectivity index (χ3n) is 2.75. The van der Waals surface area contributed by atoms with Gasteiger partial charge in [-0.25, -0.2) is 4.98 Å². The molecule has 0 saturated heterocycles. The number of hydrogen-bond acceptors (Lipinski definition) is 4. The van der Waals surface area contributed by atoms with E-state index in [0.717, 1.165) is 21.1 Å². The molecule has 1 unspecified atom stereocenters. The quantitative estimate of drug-likeness (QED) is 0.789. The Morgan fingerprint density at radius 1 is 1.41 bits per heavy atom. The fourth-order valence-corrected chi connectivity index (χ4v) is 3.52. The molecule has 3 rings (SSSR count). The molecule has 1 atom stereocenters. The van der Waals surface area contributed by atoms with Crippen LogP contribution in [0.5, 0.6) is 0 Å². The third kappa shape index (κ3) is 2.01. The molecule has 0 amide bonds. The summed E-state index contributed by atoms with van der Waals surface area (Å²) in [6.07, 6.45) is 4.10. The highest BCUT2D eigenvalue weighted by Crippen LogP contribution is 2.26. The lowest BCUT2D eigenvalue weighted by Gasteiger charge is -2.07. The van der Waals surface area contributed by atoms with Gasteiger partial charge in [-0.3, -0.25) is 4.40 Å². The topological polar surface area (TPSA) is 37.5 Å². The van der Waals surface area contributed by atoms with Crippen LogP contribution in [0.15, 0.2) is 29.2 Å². The molecule has 3 nitrogen and oxygen atoms in total. The largest absolute Gasteiger partial charge is 0.387 e. The van der Waals surface area contributed by atoms with Crippen molar-refractivity contribution in [2.24, 2.45) is 0 Å². The van der Waals surface area contributed by atoms with E-state index < -0.39 is 6.10 Å². The van der Waals surface area contributed by atoms with E-state index in [4.69, 9.17) is 0 Å². The smallest absolute Gasteiger partial charge is 0.193 e. The van der Waals surface area contributed by atoms with Crippen molar-refractivity contribution in [2.75, 3.05) is 0 Å². The molecule has 5 heteroatoms. The first-order valence-corrected chi connectivity index (χ1v) is 7.13. The number of fused-ring (bicyclic) bond motifs is 1. The Bertz CT molecular complexity index is 609. The zero-order chi connectivity index (χ0) is 11.8. The Kier molecular flexibility index (Phi) is 2.74. The zero-order valence-electron chi connectivity index (χ0n) is 9.33. The lowest BCUT2D eigenvalue weighted by Crippen LogP contribution is -2.01. The number of aromatic nitrogens is 2. The number of thiophene rings is 1. The number of aryl methyl sites for hydroxylation is 1. The molecule has 0 aromatic carbocycles. The Hall–Kier alpha value is -1.17. The van der Waals surface area contributed by atoms with Gasteiger partial charge in [0.25, 0.3) is 0 Å². The van der Waals surface area contributed by atoms with Crippen LogP contribution < -0.4 is 0 Å². The monoisotopic (exact) mass is 264 g/mol. The minimum absolute atomic E-state index is 0.445. The van der Waals surface area contributed by atoms with Gasteiger partial charge in [-0.1, -0.05) is 0 Å². The van der Waals surface area contributed by atoms with Crippen molar-refractivity contribution in [1.82, 2.24) is 9.38 Å². The summed E-state index contributed by atoms with van der Waals surface area (Å²) in [5.74, 6) is 0. The van der Waals surface area contributed by atoms with E-state index in [9.17, 15) is 5.11 Å². The lowest BCUT2D eigenvalue weighted by molar-refractivity contribution is 0.180. The molecular formula is C12H12N2OS2. The number of hydrogen-bond donors (Lipinski definition) is 1. The highest BCUT2D eigenvalue weighted by molar-refractivity contribution is 7.15. The normalized spacial score (nSPS) is 13.3. The van der Waals surface area contributed by atoms with Crippen LogP contribution in [0.4, 0.5) is 0 Å². The maximum Gasteiger partial charge on any atom is 0.193 e. The van der Waals surface area contributed by atoms with Crippen LogP contribution in [0, 0.1) is 6.92 Å². The molecule has 17 heavy (non-hydrogen) atoms. The number of imidazole rings is 1. The van der Waals surface area contributed by atoms with Gasteiger partial charge in [0.15, 0.2) is 4.96 Å². The summed E-state index contributed by atoms with van der Waals surface area (Å²) in [6, 6.07) is 2.04. The van der Waals surface area contributed by atoms with Crippen LogP contribution in [0.25, 0.3) is 4.96 Å². The standard InChI is InChI=1S/C12H12N2OS2/c1-8-2-4-16-11(8)10(15)6-9-7-14-3-5-17-12(14)13-9/h2-5,7,10,15H,6H2,1H3. The van der Waals surface area contributed by atoms with Crippen molar-refractivity contribution in [1.29, 1.82) is 0 Å². The van der Waals surface area contributed by atoms with Crippen LogP contribution in [0.2, 0.25) is 0 Å². The summed E-state index contributed by atoms with van der Waals surface area (Å²) in [7, 11) is 0. The molecule has 0 radical (unpaired) electrons. The molecular weight excluding hydrogens is 252 g/mol. The molecule has 0 bridgehead atoms. The Labute approximate surface area is 107 Å². The molecule has 3 aromatic rings. The number of nitrogens with zero attached hydrogens (tertiary/aromatic N) is 2. The van der Waals surface area contributed by atoms with Gasteiger partial charge < -0.3 is 5.11 Å². The first kappa shape index (κ1) is 11.0. The fraction of sp³-hybridized carbons (Fsp3) is 0.250. The predicted molar refractivity (Wildman–Crippen MR) is 70.8 cm³/mol. The SMILES string of the molecule is Cc1ccsc1C(O)Cc1cn2ccsc2n1. The van der Waals surface area contributed by atoms with Crippen LogP contribution in [-0.4, -0.2) is 14.5 Å². The molecule has 0 aliphatic rings. The molecule has 88 valence electrons. The number of aliphatic hydroxyl groups excluding tert-OH is 1. The van der Waals surface area contributed by atoms with Crippen molar-refractivity contribution in [3.63, 3.8) is 0 Å². The van der Waals surface area contributed by atoms with E-state index in [1.54, 1.807) is 22.7 Å². The second kappa shape index (κ2) is 4.25. The van der Waals surface area contributed by atoms with Gasteiger partial charge in [0.1, 0.15) is 0 Å². The summed E-state index contributed by atoms with van der Waals surface area (Å²) in [5.41, 5.74) is 2.10. The van der Waals surface area contributed by atoms with Gasteiger partial charge in [-0.15, -0.1) is 22.7 Å². The van der Waals surface area contributed by atoms with E-state index in [-0.39, 0.29) is 0 Å². The van der Waals surface area contributed by atoms with Crippen LogP contribution in [0.1, 0.15) is 22.2 Å². The second-order valence-corrected chi connectivity index (χ2v) is 5.83. The van der Waals surface area contributed by atoms with Crippen molar-refractivity contribution in [2.45, 2.75) is 19.4 Å². The van der Waals surface area contributed by atoms with E-state index in [1.165, 1.54) is 0 Å². The van der Waals surface area contributed by atoms with Crippen molar-refractivity contribution in [3.05, 3.63) is 45.4 Å². The van der Waals surface area contributed by atoms with Gasteiger partial charge >= 0.3 is 0 Å². The maximum atomic E-state index is 10.2. The minimum atomic E-state index is -0.445. The number of aliphatic hydroxyl groups is 1. The van der Waals surface area contributed by atoms with E-state index in [1.807, 2.05) is 40.5 Å². The Morgan fingerprint density at radius 2 is 2.29 bits per heavy atom. The zero-order valence-corrected chi connectivity index (χ0v) is 11.0. The van der Waals surface area contributed by atoms with Gasteiger partial charge in [0, 0.05) is 29.1 Å². The van der Waals surface area contributed by atoms with E-state index in [0.29, 0.717) is 6.42 Å². The Balaban J connectivity index is 1.83. The van der Waals surface area contributed by atoms with Gasteiger partial charge in [0.2, 0.25) is 0 Å². The first-order chi connectivity index (χ1) is 8.24. The molecule has 0 spiro atoms.